The van der Waals surface area contributed by atoms with Gasteiger partial charge < -0.3 is 19.7 Å². The first-order valence-corrected chi connectivity index (χ1v) is 8.15. The minimum absolute atomic E-state index is 0.0432. The van der Waals surface area contributed by atoms with E-state index in [1.165, 1.54) is 0 Å². The van der Waals surface area contributed by atoms with Crippen molar-refractivity contribution in [1.29, 1.82) is 0 Å². The summed E-state index contributed by atoms with van der Waals surface area (Å²) in [5.74, 6) is 0.913. The molecule has 1 amide bonds. The lowest BCUT2D eigenvalue weighted by Crippen LogP contribution is -2.42. The Labute approximate surface area is 138 Å². The summed E-state index contributed by atoms with van der Waals surface area (Å²) in [7, 11) is 0. The van der Waals surface area contributed by atoms with Crippen molar-refractivity contribution in [3.8, 4) is 5.75 Å². The van der Waals surface area contributed by atoms with Crippen molar-refractivity contribution in [2.24, 2.45) is 0 Å². The quantitative estimate of drug-likeness (QED) is 0.745. The highest BCUT2D eigenvalue weighted by Crippen LogP contribution is 2.16. The highest BCUT2D eigenvalue weighted by Gasteiger charge is 2.21. The van der Waals surface area contributed by atoms with Crippen LogP contribution in [0.15, 0.2) is 36.9 Å². The van der Waals surface area contributed by atoms with Crippen molar-refractivity contribution < 1.29 is 14.3 Å². The normalized spacial score (nSPS) is 17.5. The predicted molar refractivity (Wildman–Crippen MR) is 90.5 cm³/mol. The van der Waals surface area contributed by atoms with E-state index in [0.29, 0.717) is 32.7 Å². The molecule has 1 fully saturated rings. The lowest BCUT2D eigenvalue weighted by atomic mass is 10.1. The minimum Gasteiger partial charge on any atom is -0.494 e. The molecule has 0 aliphatic carbocycles. The Bertz CT molecular complexity index is 513. The van der Waals surface area contributed by atoms with Gasteiger partial charge in [0.2, 0.25) is 5.91 Å². The number of morpholine rings is 1. The number of rotatable bonds is 8. The number of benzene rings is 1. The fraction of sp³-hybridized carbons (Fsp3) is 0.500. The van der Waals surface area contributed by atoms with Crippen LogP contribution in [0.5, 0.6) is 5.75 Å². The van der Waals surface area contributed by atoms with Crippen LogP contribution < -0.4 is 10.1 Å². The molecule has 0 spiro atoms. The Hall–Kier alpha value is -1.85. The van der Waals surface area contributed by atoms with E-state index in [2.05, 4.69) is 11.9 Å². The SMILES string of the molecule is C=CCN(Cc1cccc(OCC)c1)C(=O)CC1CNCCO1. The summed E-state index contributed by atoms with van der Waals surface area (Å²) in [6.07, 6.45) is 2.11. The van der Waals surface area contributed by atoms with Crippen LogP contribution in [0.25, 0.3) is 0 Å². The smallest absolute Gasteiger partial charge is 0.225 e. The Kier molecular flexibility index (Phi) is 7.10. The van der Waals surface area contributed by atoms with Crippen LogP contribution in [0.4, 0.5) is 0 Å². The van der Waals surface area contributed by atoms with Crippen molar-refractivity contribution in [2.45, 2.75) is 26.0 Å². The zero-order chi connectivity index (χ0) is 16.5. The van der Waals surface area contributed by atoms with Gasteiger partial charge in [-0.1, -0.05) is 18.2 Å². The van der Waals surface area contributed by atoms with Crippen molar-refractivity contribution in [2.75, 3.05) is 32.8 Å². The predicted octanol–water partition coefficient (Wildman–Crippen LogP) is 1.98. The number of ether oxygens (including phenoxy) is 2. The van der Waals surface area contributed by atoms with Gasteiger partial charge in [0.05, 0.1) is 25.7 Å². The average Bonchev–Trinajstić information content (AvgIpc) is 2.56. The van der Waals surface area contributed by atoms with Gasteiger partial charge in [-0.2, -0.15) is 0 Å². The summed E-state index contributed by atoms with van der Waals surface area (Å²) in [6, 6.07) is 7.86. The molecule has 1 heterocycles. The van der Waals surface area contributed by atoms with Crippen LogP contribution in [0.3, 0.4) is 0 Å². The molecule has 126 valence electrons. The van der Waals surface area contributed by atoms with E-state index in [-0.39, 0.29) is 12.0 Å². The summed E-state index contributed by atoms with van der Waals surface area (Å²) in [5.41, 5.74) is 1.05. The molecule has 5 heteroatoms. The second-order valence-corrected chi connectivity index (χ2v) is 5.54. The molecule has 1 atom stereocenters. The highest BCUT2D eigenvalue weighted by atomic mass is 16.5. The maximum atomic E-state index is 12.6. The molecule has 1 aliphatic heterocycles. The lowest BCUT2D eigenvalue weighted by molar-refractivity contribution is -0.134. The van der Waals surface area contributed by atoms with Gasteiger partial charge in [0, 0.05) is 26.2 Å². The third-order valence-corrected chi connectivity index (χ3v) is 3.69. The molecule has 23 heavy (non-hydrogen) atoms. The number of amides is 1. The first-order chi connectivity index (χ1) is 11.2. The van der Waals surface area contributed by atoms with Gasteiger partial charge in [0.25, 0.3) is 0 Å². The molecular formula is C18H26N2O3. The van der Waals surface area contributed by atoms with E-state index in [0.717, 1.165) is 24.4 Å². The molecular weight excluding hydrogens is 292 g/mol. The largest absolute Gasteiger partial charge is 0.494 e. The summed E-state index contributed by atoms with van der Waals surface area (Å²) in [5, 5.41) is 3.25. The number of hydrogen-bond donors (Lipinski definition) is 1. The van der Waals surface area contributed by atoms with Crippen molar-refractivity contribution >= 4 is 5.91 Å². The molecule has 0 bridgehead atoms. The van der Waals surface area contributed by atoms with E-state index in [4.69, 9.17) is 9.47 Å². The van der Waals surface area contributed by atoms with Gasteiger partial charge in [-0.25, -0.2) is 0 Å². The minimum atomic E-state index is -0.0432. The molecule has 1 saturated heterocycles. The molecule has 0 saturated carbocycles. The summed E-state index contributed by atoms with van der Waals surface area (Å²) >= 11 is 0. The van der Waals surface area contributed by atoms with Crippen molar-refractivity contribution in [3.63, 3.8) is 0 Å². The molecule has 1 aliphatic rings. The molecule has 5 nitrogen and oxygen atoms in total. The first kappa shape index (κ1) is 17.5. The van der Waals surface area contributed by atoms with E-state index in [9.17, 15) is 4.79 Å². The van der Waals surface area contributed by atoms with Crippen LogP contribution in [-0.2, 0) is 16.1 Å². The zero-order valence-electron chi connectivity index (χ0n) is 13.8. The summed E-state index contributed by atoms with van der Waals surface area (Å²) < 4.78 is 11.1. The van der Waals surface area contributed by atoms with Gasteiger partial charge in [0.1, 0.15) is 5.75 Å². The standard InChI is InChI=1S/C18H26N2O3/c1-3-9-20(18(21)12-17-13-19-8-10-23-17)14-15-6-5-7-16(11-15)22-4-2/h3,5-7,11,17,19H,1,4,8-10,12-14H2,2H3. The molecule has 1 unspecified atom stereocenters. The Morgan fingerprint density at radius 2 is 2.43 bits per heavy atom. The second kappa shape index (κ2) is 9.33. The number of carbonyl (C=O) groups excluding carboxylic acids is 1. The first-order valence-electron chi connectivity index (χ1n) is 8.15. The molecule has 1 aromatic carbocycles. The molecule has 0 aromatic heterocycles. The lowest BCUT2D eigenvalue weighted by Gasteiger charge is -2.27. The van der Waals surface area contributed by atoms with E-state index >= 15 is 0 Å². The van der Waals surface area contributed by atoms with E-state index < -0.39 is 0 Å². The highest BCUT2D eigenvalue weighted by molar-refractivity contribution is 5.77. The van der Waals surface area contributed by atoms with Gasteiger partial charge in [-0.15, -0.1) is 6.58 Å². The maximum absolute atomic E-state index is 12.6. The average molecular weight is 318 g/mol. The second-order valence-electron chi connectivity index (χ2n) is 5.54. The molecule has 0 radical (unpaired) electrons. The fourth-order valence-electron chi connectivity index (χ4n) is 2.61. The molecule has 1 N–H and O–H groups in total. The van der Waals surface area contributed by atoms with Crippen LogP contribution in [0, 0.1) is 0 Å². The van der Waals surface area contributed by atoms with Gasteiger partial charge >= 0.3 is 0 Å². The van der Waals surface area contributed by atoms with Crippen LogP contribution in [0.2, 0.25) is 0 Å². The van der Waals surface area contributed by atoms with Crippen LogP contribution in [0.1, 0.15) is 18.9 Å². The summed E-state index contributed by atoms with van der Waals surface area (Å²) in [6.45, 7) is 9.66. The molecule has 1 aromatic rings. The van der Waals surface area contributed by atoms with Crippen molar-refractivity contribution in [1.82, 2.24) is 10.2 Å². The Balaban J connectivity index is 1.97. The van der Waals surface area contributed by atoms with Gasteiger partial charge in [0.15, 0.2) is 0 Å². The third-order valence-electron chi connectivity index (χ3n) is 3.69. The molecule has 2 rings (SSSR count). The number of nitrogens with zero attached hydrogens (tertiary/aromatic N) is 1. The Morgan fingerprint density at radius 3 is 3.13 bits per heavy atom. The topological polar surface area (TPSA) is 50.8 Å². The van der Waals surface area contributed by atoms with Gasteiger partial charge in [-0.05, 0) is 24.6 Å². The van der Waals surface area contributed by atoms with Crippen LogP contribution >= 0.6 is 0 Å². The summed E-state index contributed by atoms with van der Waals surface area (Å²) in [4.78, 5) is 14.4. The van der Waals surface area contributed by atoms with Gasteiger partial charge in [-0.3, -0.25) is 4.79 Å². The van der Waals surface area contributed by atoms with Crippen LogP contribution in [-0.4, -0.2) is 49.8 Å². The van der Waals surface area contributed by atoms with E-state index in [1.807, 2.05) is 31.2 Å². The zero-order valence-corrected chi connectivity index (χ0v) is 13.8. The Morgan fingerprint density at radius 1 is 1.57 bits per heavy atom. The number of nitrogens with one attached hydrogen (secondary N) is 1. The third kappa shape index (κ3) is 5.69. The van der Waals surface area contributed by atoms with E-state index in [1.54, 1.807) is 11.0 Å². The maximum Gasteiger partial charge on any atom is 0.225 e. The fourth-order valence-corrected chi connectivity index (χ4v) is 2.61. The monoisotopic (exact) mass is 318 g/mol. The van der Waals surface area contributed by atoms with Crippen molar-refractivity contribution in [3.05, 3.63) is 42.5 Å². The number of carbonyl (C=O) groups is 1. The number of hydrogen-bond acceptors (Lipinski definition) is 4.